The number of nitrogens with two attached hydrogens (primary N) is 1. The van der Waals surface area contributed by atoms with Crippen LogP contribution in [0.2, 0.25) is 0 Å². The lowest BCUT2D eigenvalue weighted by Gasteiger charge is -2.13. The van der Waals surface area contributed by atoms with E-state index in [9.17, 15) is 4.79 Å². The predicted molar refractivity (Wildman–Crippen MR) is 76.3 cm³/mol. The second-order valence-corrected chi connectivity index (χ2v) is 4.73. The SMILES string of the molecule is CNC(=O)c1ccc(NCCC2CCCO2)c(N)c1. The predicted octanol–water partition coefficient (Wildman–Crippen LogP) is 1.61. The summed E-state index contributed by atoms with van der Waals surface area (Å²) in [5.41, 5.74) is 7.97. The van der Waals surface area contributed by atoms with Crippen LogP contribution < -0.4 is 16.4 Å². The van der Waals surface area contributed by atoms with Gasteiger partial charge in [-0.15, -0.1) is 0 Å². The molecule has 0 aromatic heterocycles. The van der Waals surface area contributed by atoms with Gasteiger partial charge < -0.3 is 21.1 Å². The van der Waals surface area contributed by atoms with Gasteiger partial charge in [0.2, 0.25) is 0 Å². The second kappa shape index (κ2) is 6.43. The Morgan fingerprint density at radius 3 is 3.00 bits per heavy atom. The third kappa shape index (κ3) is 3.61. The molecular formula is C14H21N3O2. The van der Waals surface area contributed by atoms with Gasteiger partial charge in [-0.3, -0.25) is 4.79 Å². The van der Waals surface area contributed by atoms with Gasteiger partial charge >= 0.3 is 0 Å². The fourth-order valence-electron chi connectivity index (χ4n) is 2.25. The minimum atomic E-state index is -0.127. The van der Waals surface area contributed by atoms with Crippen molar-refractivity contribution < 1.29 is 9.53 Å². The molecule has 1 saturated heterocycles. The number of ether oxygens (including phenoxy) is 1. The number of hydrogen-bond donors (Lipinski definition) is 3. The average molecular weight is 263 g/mol. The molecule has 0 saturated carbocycles. The Kier molecular flexibility index (Phi) is 4.63. The van der Waals surface area contributed by atoms with Crippen LogP contribution in [-0.4, -0.2) is 32.2 Å². The minimum absolute atomic E-state index is 0.127. The van der Waals surface area contributed by atoms with E-state index in [-0.39, 0.29) is 5.91 Å². The number of hydrogen-bond acceptors (Lipinski definition) is 4. The van der Waals surface area contributed by atoms with Crippen LogP contribution in [0.1, 0.15) is 29.6 Å². The van der Waals surface area contributed by atoms with E-state index in [4.69, 9.17) is 10.5 Å². The number of amides is 1. The smallest absolute Gasteiger partial charge is 0.251 e. The Morgan fingerprint density at radius 1 is 1.53 bits per heavy atom. The maximum absolute atomic E-state index is 11.5. The average Bonchev–Trinajstić information content (AvgIpc) is 2.93. The van der Waals surface area contributed by atoms with Crippen LogP contribution in [-0.2, 0) is 4.74 Å². The summed E-state index contributed by atoms with van der Waals surface area (Å²) in [6.07, 6.45) is 3.66. The van der Waals surface area contributed by atoms with Gasteiger partial charge in [0.05, 0.1) is 17.5 Å². The van der Waals surface area contributed by atoms with E-state index in [1.165, 1.54) is 0 Å². The van der Waals surface area contributed by atoms with Gasteiger partial charge in [0.1, 0.15) is 0 Å². The van der Waals surface area contributed by atoms with Gasteiger partial charge in [-0.1, -0.05) is 0 Å². The molecule has 1 fully saturated rings. The molecule has 0 bridgehead atoms. The quantitative estimate of drug-likeness (QED) is 0.705. The summed E-state index contributed by atoms with van der Waals surface area (Å²) in [6.45, 7) is 1.71. The van der Waals surface area contributed by atoms with Crippen molar-refractivity contribution in [3.05, 3.63) is 23.8 Å². The molecule has 1 unspecified atom stereocenters. The topological polar surface area (TPSA) is 76.4 Å². The minimum Gasteiger partial charge on any atom is -0.397 e. The maximum atomic E-state index is 11.5. The zero-order valence-corrected chi connectivity index (χ0v) is 11.2. The van der Waals surface area contributed by atoms with E-state index in [1.54, 1.807) is 19.2 Å². The first-order valence-corrected chi connectivity index (χ1v) is 6.68. The first-order chi connectivity index (χ1) is 9.20. The largest absolute Gasteiger partial charge is 0.397 e. The van der Waals surface area contributed by atoms with Gasteiger partial charge in [0.25, 0.3) is 5.91 Å². The Hall–Kier alpha value is -1.75. The number of nitrogens with one attached hydrogen (secondary N) is 2. The van der Waals surface area contributed by atoms with Crippen LogP contribution >= 0.6 is 0 Å². The standard InChI is InChI=1S/C14H21N3O2/c1-16-14(18)10-4-5-13(12(15)9-10)17-7-6-11-3-2-8-19-11/h4-5,9,11,17H,2-3,6-8,15H2,1H3,(H,16,18). The Balaban J connectivity index is 1.87. The number of benzene rings is 1. The van der Waals surface area contributed by atoms with Crippen molar-refractivity contribution in [1.29, 1.82) is 0 Å². The summed E-state index contributed by atoms with van der Waals surface area (Å²) >= 11 is 0. The van der Waals surface area contributed by atoms with Crippen LogP contribution in [0.15, 0.2) is 18.2 Å². The van der Waals surface area contributed by atoms with Gasteiger partial charge in [-0.05, 0) is 37.5 Å². The highest BCUT2D eigenvalue weighted by molar-refractivity contribution is 5.95. The first-order valence-electron chi connectivity index (χ1n) is 6.68. The molecule has 104 valence electrons. The molecular weight excluding hydrogens is 242 g/mol. The van der Waals surface area contributed by atoms with Crippen molar-refractivity contribution >= 4 is 17.3 Å². The molecule has 5 heteroatoms. The fourth-order valence-corrected chi connectivity index (χ4v) is 2.25. The number of carbonyl (C=O) groups excluding carboxylic acids is 1. The fraction of sp³-hybridized carbons (Fsp3) is 0.500. The van der Waals surface area contributed by atoms with Gasteiger partial charge in [-0.2, -0.15) is 0 Å². The summed E-state index contributed by atoms with van der Waals surface area (Å²) in [4.78, 5) is 11.5. The zero-order chi connectivity index (χ0) is 13.7. The number of nitrogen functional groups attached to an aromatic ring is 1. The van der Waals surface area contributed by atoms with E-state index in [0.717, 1.165) is 38.1 Å². The molecule has 0 radical (unpaired) electrons. The highest BCUT2D eigenvalue weighted by Gasteiger charge is 2.14. The molecule has 1 amide bonds. The normalized spacial score (nSPS) is 18.3. The van der Waals surface area contributed by atoms with E-state index in [1.807, 2.05) is 6.07 Å². The van der Waals surface area contributed by atoms with Crippen molar-refractivity contribution in [3.63, 3.8) is 0 Å². The molecule has 1 atom stereocenters. The Bertz CT molecular complexity index is 442. The van der Waals surface area contributed by atoms with Crippen LogP contribution in [0.25, 0.3) is 0 Å². The van der Waals surface area contributed by atoms with Gasteiger partial charge in [0, 0.05) is 25.8 Å². The Labute approximate surface area is 113 Å². The number of rotatable bonds is 5. The van der Waals surface area contributed by atoms with E-state index >= 15 is 0 Å². The number of anilines is 2. The van der Waals surface area contributed by atoms with Crippen LogP contribution in [0.4, 0.5) is 11.4 Å². The molecule has 0 spiro atoms. The van der Waals surface area contributed by atoms with Crippen molar-refractivity contribution in [2.45, 2.75) is 25.4 Å². The van der Waals surface area contributed by atoms with Crippen LogP contribution in [0.3, 0.4) is 0 Å². The van der Waals surface area contributed by atoms with E-state index in [2.05, 4.69) is 10.6 Å². The summed E-state index contributed by atoms with van der Waals surface area (Å²) in [6, 6.07) is 5.30. The van der Waals surface area contributed by atoms with Crippen molar-refractivity contribution in [1.82, 2.24) is 5.32 Å². The van der Waals surface area contributed by atoms with Crippen LogP contribution in [0.5, 0.6) is 0 Å². The van der Waals surface area contributed by atoms with Crippen molar-refractivity contribution in [2.24, 2.45) is 0 Å². The molecule has 5 nitrogen and oxygen atoms in total. The maximum Gasteiger partial charge on any atom is 0.251 e. The summed E-state index contributed by atoms with van der Waals surface area (Å²) < 4.78 is 5.56. The Morgan fingerprint density at radius 2 is 2.37 bits per heavy atom. The summed E-state index contributed by atoms with van der Waals surface area (Å²) in [5.74, 6) is -0.127. The second-order valence-electron chi connectivity index (χ2n) is 4.73. The number of carbonyl (C=O) groups is 1. The molecule has 0 aliphatic carbocycles. The van der Waals surface area contributed by atoms with Gasteiger partial charge in [0.15, 0.2) is 0 Å². The lowest BCUT2D eigenvalue weighted by Crippen LogP contribution is -2.18. The van der Waals surface area contributed by atoms with E-state index < -0.39 is 0 Å². The van der Waals surface area contributed by atoms with E-state index in [0.29, 0.717) is 17.4 Å². The molecule has 1 aliphatic heterocycles. The lowest BCUT2D eigenvalue weighted by atomic mass is 10.1. The van der Waals surface area contributed by atoms with Crippen molar-refractivity contribution in [3.8, 4) is 0 Å². The third-order valence-corrected chi connectivity index (χ3v) is 3.35. The van der Waals surface area contributed by atoms with Gasteiger partial charge in [-0.25, -0.2) is 0 Å². The molecule has 1 aromatic carbocycles. The highest BCUT2D eigenvalue weighted by atomic mass is 16.5. The first kappa shape index (κ1) is 13.7. The summed E-state index contributed by atoms with van der Waals surface area (Å²) in [7, 11) is 1.60. The lowest BCUT2D eigenvalue weighted by molar-refractivity contribution is 0.0963. The molecule has 1 heterocycles. The molecule has 4 N–H and O–H groups in total. The highest BCUT2D eigenvalue weighted by Crippen LogP contribution is 2.21. The monoisotopic (exact) mass is 263 g/mol. The molecule has 2 rings (SSSR count). The van der Waals surface area contributed by atoms with Crippen molar-refractivity contribution in [2.75, 3.05) is 31.2 Å². The molecule has 1 aliphatic rings. The zero-order valence-electron chi connectivity index (χ0n) is 11.2. The van der Waals surface area contributed by atoms with Crippen LogP contribution in [0, 0.1) is 0 Å². The summed E-state index contributed by atoms with van der Waals surface area (Å²) in [5, 5.41) is 5.86. The molecule has 1 aromatic rings. The molecule has 19 heavy (non-hydrogen) atoms. The third-order valence-electron chi connectivity index (χ3n) is 3.35.